The zero-order valence-electron chi connectivity index (χ0n) is 38.2. The van der Waals surface area contributed by atoms with Crippen LogP contribution in [0.15, 0.2) is 36.5 Å². The Morgan fingerprint density at radius 1 is 0.421 bits per heavy atom. The number of unbranched alkanes of at least 4 members (excludes halogenated alkanes) is 34. The highest BCUT2D eigenvalue weighted by Crippen LogP contribution is 2.16. The number of carbonyl (C=O) groups is 1. The summed E-state index contributed by atoms with van der Waals surface area (Å²) in [6, 6.07) is -0.817. The lowest BCUT2D eigenvalue weighted by molar-refractivity contribution is -0.131. The fourth-order valence-electron chi connectivity index (χ4n) is 7.73. The van der Waals surface area contributed by atoms with Crippen LogP contribution < -0.4 is 5.32 Å². The van der Waals surface area contributed by atoms with Crippen LogP contribution in [0.1, 0.15) is 264 Å². The molecule has 1 amide bonds. The molecule has 336 valence electrons. The minimum absolute atomic E-state index is 0.377. The first-order valence-electron chi connectivity index (χ1n) is 25.3. The molecule has 0 fully saturated rings. The minimum Gasteiger partial charge on any atom is -0.394 e. The van der Waals surface area contributed by atoms with E-state index in [2.05, 4.69) is 43.5 Å². The Hall–Kier alpha value is -1.43. The Balaban J connectivity index is 3.65. The van der Waals surface area contributed by atoms with Crippen molar-refractivity contribution in [2.75, 3.05) is 6.61 Å². The second-order valence-corrected chi connectivity index (χ2v) is 17.4. The summed E-state index contributed by atoms with van der Waals surface area (Å²) in [5.41, 5.74) is 0. The summed E-state index contributed by atoms with van der Waals surface area (Å²) < 4.78 is 0. The van der Waals surface area contributed by atoms with Crippen molar-refractivity contribution in [3.05, 3.63) is 36.5 Å². The number of allylic oxidation sites excluding steroid dienone is 5. The van der Waals surface area contributed by atoms with Gasteiger partial charge in [0.25, 0.3) is 0 Å². The van der Waals surface area contributed by atoms with Crippen LogP contribution in [0.3, 0.4) is 0 Å². The van der Waals surface area contributed by atoms with Crippen molar-refractivity contribution in [3.8, 4) is 0 Å². The van der Waals surface area contributed by atoms with Gasteiger partial charge < -0.3 is 20.6 Å². The van der Waals surface area contributed by atoms with Crippen molar-refractivity contribution >= 4 is 5.91 Å². The first-order valence-corrected chi connectivity index (χ1v) is 25.3. The fraction of sp³-hybridized carbons (Fsp3) is 0.865. The predicted octanol–water partition coefficient (Wildman–Crippen LogP) is 15.1. The molecule has 4 N–H and O–H groups in total. The number of nitrogens with one attached hydrogen (secondary N) is 1. The molecule has 0 aliphatic heterocycles. The third kappa shape index (κ3) is 42.5. The molecule has 5 nitrogen and oxygen atoms in total. The first kappa shape index (κ1) is 55.6. The minimum atomic E-state index is -1.11. The molecular formula is C52H99NO4. The van der Waals surface area contributed by atoms with Crippen LogP contribution in [0, 0.1) is 0 Å². The maximum Gasteiger partial charge on any atom is 0.249 e. The van der Waals surface area contributed by atoms with E-state index in [4.69, 9.17) is 0 Å². The summed E-state index contributed by atoms with van der Waals surface area (Å²) in [6.45, 7) is 4.19. The molecule has 0 aliphatic carbocycles. The number of aliphatic hydroxyl groups is 3. The van der Waals surface area contributed by atoms with Gasteiger partial charge in [-0.25, -0.2) is 0 Å². The number of hydrogen-bond acceptors (Lipinski definition) is 4. The normalized spacial score (nSPS) is 13.7. The quantitative estimate of drug-likeness (QED) is 0.0365. The van der Waals surface area contributed by atoms with Gasteiger partial charge in [0.15, 0.2) is 0 Å². The van der Waals surface area contributed by atoms with Crippen molar-refractivity contribution < 1.29 is 20.1 Å². The van der Waals surface area contributed by atoms with E-state index < -0.39 is 24.2 Å². The fourth-order valence-corrected chi connectivity index (χ4v) is 7.73. The van der Waals surface area contributed by atoms with Gasteiger partial charge >= 0.3 is 0 Å². The Labute approximate surface area is 355 Å². The summed E-state index contributed by atoms with van der Waals surface area (Å²) in [5, 5.41) is 33.2. The molecule has 57 heavy (non-hydrogen) atoms. The highest BCUT2D eigenvalue weighted by Gasteiger charge is 2.22. The summed E-state index contributed by atoms with van der Waals surface area (Å²) in [6.07, 6.45) is 60.6. The molecule has 5 heteroatoms. The monoisotopic (exact) mass is 802 g/mol. The smallest absolute Gasteiger partial charge is 0.249 e. The van der Waals surface area contributed by atoms with Crippen LogP contribution in [0.2, 0.25) is 0 Å². The van der Waals surface area contributed by atoms with Crippen molar-refractivity contribution in [1.29, 1.82) is 0 Å². The SMILES string of the molecule is CCCCCCCCCC/C=C\CCCCCCCCC(O)C(=O)NC(CO)C(O)/C=C/CC/C=C/CCCCCCCCCCCCCCCCCCCCC. The number of aliphatic hydroxyl groups excluding tert-OH is 3. The maximum absolute atomic E-state index is 12.5. The number of hydrogen-bond donors (Lipinski definition) is 4. The van der Waals surface area contributed by atoms with E-state index >= 15 is 0 Å². The molecule has 0 aromatic heterocycles. The molecule has 0 spiro atoms. The number of rotatable bonds is 46. The summed E-state index contributed by atoms with van der Waals surface area (Å²) in [5.74, 6) is -0.516. The van der Waals surface area contributed by atoms with Gasteiger partial charge in [-0.05, 0) is 57.8 Å². The summed E-state index contributed by atoms with van der Waals surface area (Å²) in [4.78, 5) is 12.5. The number of amides is 1. The molecule has 0 saturated heterocycles. The highest BCUT2D eigenvalue weighted by atomic mass is 16.3. The van der Waals surface area contributed by atoms with Gasteiger partial charge in [0.05, 0.1) is 18.8 Å². The second-order valence-electron chi connectivity index (χ2n) is 17.4. The Kier molecular flexibility index (Phi) is 46.1. The molecule has 0 aromatic rings. The lowest BCUT2D eigenvalue weighted by Crippen LogP contribution is -2.48. The van der Waals surface area contributed by atoms with Crippen LogP contribution in [-0.2, 0) is 4.79 Å². The average Bonchev–Trinajstić information content (AvgIpc) is 3.22. The zero-order valence-corrected chi connectivity index (χ0v) is 38.2. The van der Waals surface area contributed by atoms with Crippen LogP contribution in [0.25, 0.3) is 0 Å². The molecule has 0 heterocycles. The molecule has 0 saturated carbocycles. The molecule has 0 bridgehead atoms. The predicted molar refractivity (Wildman–Crippen MR) is 250 cm³/mol. The maximum atomic E-state index is 12.5. The van der Waals surface area contributed by atoms with E-state index in [1.165, 1.54) is 205 Å². The lowest BCUT2D eigenvalue weighted by atomic mass is 10.0. The van der Waals surface area contributed by atoms with Crippen molar-refractivity contribution in [1.82, 2.24) is 5.32 Å². The van der Waals surface area contributed by atoms with Gasteiger partial charge in [0.2, 0.25) is 5.91 Å². The van der Waals surface area contributed by atoms with Crippen LogP contribution in [0.4, 0.5) is 0 Å². The van der Waals surface area contributed by atoms with E-state index in [1.807, 2.05) is 6.08 Å². The standard InChI is InChI=1S/C52H99NO4/c1-3-5-7-9-11-13-15-17-19-21-23-24-25-26-27-28-29-31-32-34-36-38-40-42-44-46-50(55)49(48-54)53-52(57)51(56)47-45-43-41-39-37-35-33-30-22-20-18-16-14-12-10-8-6-4-2/h22,30,36,38,44,46,49-51,54-56H,3-21,23-29,31-35,37,39-43,45,47-48H2,1-2H3,(H,53,57)/b30-22-,38-36+,46-44+. The lowest BCUT2D eigenvalue weighted by Gasteiger charge is -2.21. The molecular weight excluding hydrogens is 703 g/mol. The van der Waals surface area contributed by atoms with Crippen LogP contribution >= 0.6 is 0 Å². The molecule has 0 aliphatic rings. The van der Waals surface area contributed by atoms with Gasteiger partial charge in [0.1, 0.15) is 6.10 Å². The van der Waals surface area contributed by atoms with E-state index in [-0.39, 0.29) is 6.61 Å². The van der Waals surface area contributed by atoms with Gasteiger partial charge in [0, 0.05) is 0 Å². The topological polar surface area (TPSA) is 89.8 Å². The molecule has 3 unspecified atom stereocenters. The molecule has 0 aromatic carbocycles. The van der Waals surface area contributed by atoms with Gasteiger partial charge in [-0.1, -0.05) is 243 Å². The Bertz CT molecular complexity index is 885. The Morgan fingerprint density at radius 2 is 0.719 bits per heavy atom. The Morgan fingerprint density at radius 3 is 1.07 bits per heavy atom. The van der Waals surface area contributed by atoms with Crippen LogP contribution in [0.5, 0.6) is 0 Å². The molecule has 3 atom stereocenters. The van der Waals surface area contributed by atoms with Crippen molar-refractivity contribution in [2.45, 2.75) is 283 Å². The third-order valence-corrected chi connectivity index (χ3v) is 11.7. The van der Waals surface area contributed by atoms with Crippen LogP contribution in [-0.4, -0.2) is 46.1 Å². The van der Waals surface area contributed by atoms with E-state index in [0.717, 1.165) is 38.5 Å². The van der Waals surface area contributed by atoms with E-state index in [1.54, 1.807) is 6.08 Å². The largest absolute Gasteiger partial charge is 0.394 e. The second kappa shape index (κ2) is 47.3. The van der Waals surface area contributed by atoms with Gasteiger partial charge in [-0.3, -0.25) is 4.79 Å². The average molecular weight is 802 g/mol. The molecule has 0 radical (unpaired) electrons. The third-order valence-electron chi connectivity index (χ3n) is 11.7. The van der Waals surface area contributed by atoms with Crippen molar-refractivity contribution in [3.63, 3.8) is 0 Å². The highest BCUT2D eigenvalue weighted by molar-refractivity contribution is 5.80. The van der Waals surface area contributed by atoms with Crippen molar-refractivity contribution in [2.24, 2.45) is 0 Å². The number of carbonyl (C=O) groups excluding carboxylic acids is 1. The van der Waals surface area contributed by atoms with E-state index in [9.17, 15) is 20.1 Å². The zero-order chi connectivity index (χ0) is 41.5. The van der Waals surface area contributed by atoms with Gasteiger partial charge in [-0.15, -0.1) is 0 Å². The van der Waals surface area contributed by atoms with Gasteiger partial charge in [-0.2, -0.15) is 0 Å². The summed E-state index contributed by atoms with van der Waals surface area (Å²) >= 11 is 0. The first-order chi connectivity index (χ1) is 28.1. The van der Waals surface area contributed by atoms with E-state index in [0.29, 0.717) is 6.42 Å². The molecule has 0 rings (SSSR count). The summed E-state index contributed by atoms with van der Waals surface area (Å²) in [7, 11) is 0.